The Morgan fingerprint density at radius 2 is 1.74 bits per heavy atom. The van der Waals surface area contributed by atoms with Crippen LogP contribution in [0.15, 0.2) is 66.7 Å². The number of fused-ring (bicyclic) bond motifs is 2. The van der Waals surface area contributed by atoms with E-state index in [1.807, 2.05) is 30.3 Å². The number of phenolic OH excluding ortho intramolecular Hbond substituents is 1. The summed E-state index contributed by atoms with van der Waals surface area (Å²) in [5, 5.41) is 13.1. The van der Waals surface area contributed by atoms with Crippen LogP contribution in [0.3, 0.4) is 0 Å². The van der Waals surface area contributed by atoms with E-state index in [0.29, 0.717) is 22.7 Å². The van der Waals surface area contributed by atoms with Gasteiger partial charge in [0.2, 0.25) is 6.79 Å². The first-order valence-electron chi connectivity index (χ1n) is 8.58. The van der Waals surface area contributed by atoms with E-state index >= 15 is 0 Å². The molecule has 2 N–H and O–H groups in total. The van der Waals surface area contributed by atoms with Gasteiger partial charge in [-0.05, 0) is 42.0 Å². The molecule has 0 bridgehead atoms. The van der Waals surface area contributed by atoms with Crippen LogP contribution in [0.2, 0.25) is 0 Å². The number of aromatic hydroxyl groups is 1. The molecule has 134 valence electrons. The number of anilines is 2. The molecule has 1 atom stereocenters. The van der Waals surface area contributed by atoms with Crippen molar-refractivity contribution in [2.24, 2.45) is 0 Å². The molecule has 0 unspecified atom stereocenters. The Labute approximate surface area is 155 Å². The molecule has 6 nitrogen and oxygen atoms in total. The summed E-state index contributed by atoms with van der Waals surface area (Å²) in [7, 11) is 0. The smallest absolute Gasteiger partial charge is 0.262 e. The Kier molecular flexibility index (Phi) is 3.43. The van der Waals surface area contributed by atoms with Gasteiger partial charge in [0, 0.05) is 11.8 Å². The van der Waals surface area contributed by atoms with Gasteiger partial charge in [-0.1, -0.05) is 24.3 Å². The zero-order chi connectivity index (χ0) is 18.4. The standard InChI is InChI=1S/C21H16N2O4/c24-15-8-5-13(6-9-15)20-22-17-4-2-1-3-16(17)21(25)23(20)14-7-10-18-19(11-14)27-12-26-18/h1-11,20,22,24H,12H2/t20-/m1/s1. The van der Waals surface area contributed by atoms with Crippen LogP contribution in [0.4, 0.5) is 11.4 Å². The molecule has 0 radical (unpaired) electrons. The van der Waals surface area contributed by atoms with Crippen molar-refractivity contribution < 1.29 is 19.4 Å². The Bertz CT molecular complexity index is 1030. The molecule has 2 aliphatic heterocycles. The topological polar surface area (TPSA) is 71.0 Å². The summed E-state index contributed by atoms with van der Waals surface area (Å²) in [6.07, 6.45) is -0.423. The molecule has 0 fully saturated rings. The van der Waals surface area contributed by atoms with Gasteiger partial charge < -0.3 is 19.9 Å². The number of hydrogen-bond donors (Lipinski definition) is 2. The molecule has 0 aromatic heterocycles. The van der Waals surface area contributed by atoms with Crippen molar-refractivity contribution in [2.75, 3.05) is 17.0 Å². The lowest BCUT2D eigenvalue weighted by molar-refractivity contribution is 0.0975. The number of nitrogens with one attached hydrogen (secondary N) is 1. The number of amides is 1. The van der Waals surface area contributed by atoms with Crippen LogP contribution in [0.25, 0.3) is 0 Å². The fourth-order valence-corrected chi connectivity index (χ4v) is 3.44. The van der Waals surface area contributed by atoms with Gasteiger partial charge in [-0.15, -0.1) is 0 Å². The molecule has 2 aliphatic rings. The molecule has 27 heavy (non-hydrogen) atoms. The van der Waals surface area contributed by atoms with E-state index in [1.165, 1.54) is 0 Å². The first-order valence-corrected chi connectivity index (χ1v) is 8.58. The largest absolute Gasteiger partial charge is 0.508 e. The average Bonchev–Trinajstić information content (AvgIpc) is 3.16. The van der Waals surface area contributed by atoms with Gasteiger partial charge in [0.05, 0.1) is 11.3 Å². The van der Waals surface area contributed by atoms with Crippen LogP contribution in [-0.2, 0) is 0 Å². The van der Waals surface area contributed by atoms with Gasteiger partial charge >= 0.3 is 0 Å². The fraction of sp³-hybridized carbons (Fsp3) is 0.0952. The zero-order valence-corrected chi connectivity index (χ0v) is 14.3. The highest BCUT2D eigenvalue weighted by molar-refractivity contribution is 6.12. The summed E-state index contributed by atoms with van der Waals surface area (Å²) in [6.45, 7) is 0.176. The second-order valence-electron chi connectivity index (χ2n) is 6.40. The maximum atomic E-state index is 13.3. The van der Waals surface area contributed by atoms with Crippen LogP contribution in [0.1, 0.15) is 22.1 Å². The Balaban J connectivity index is 1.64. The van der Waals surface area contributed by atoms with Crippen molar-refractivity contribution in [3.05, 3.63) is 77.9 Å². The van der Waals surface area contributed by atoms with Crippen molar-refractivity contribution in [3.8, 4) is 17.2 Å². The molecule has 0 saturated heterocycles. The number of carbonyl (C=O) groups excluding carboxylic acids is 1. The van der Waals surface area contributed by atoms with Crippen molar-refractivity contribution in [2.45, 2.75) is 6.17 Å². The highest BCUT2D eigenvalue weighted by atomic mass is 16.7. The molecule has 6 heteroatoms. The summed E-state index contributed by atoms with van der Waals surface area (Å²) < 4.78 is 10.9. The van der Waals surface area contributed by atoms with Crippen LogP contribution < -0.4 is 19.7 Å². The maximum Gasteiger partial charge on any atom is 0.262 e. The number of benzene rings is 3. The number of carbonyl (C=O) groups is 1. The lowest BCUT2D eigenvalue weighted by Crippen LogP contribution is -2.43. The minimum Gasteiger partial charge on any atom is -0.508 e. The minimum atomic E-state index is -0.423. The summed E-state index contributed by atoms with van der Waals surface area (Å²) >= 11 is 0. The lowest BCUT2D eigenvalue weighted by Gasteiger charge is -2.38. The number of para-hydroxylation sites is 1. The van der Waals surface area contributed by atoms with Gasteiger partial charge in [0.1, 0.15) is 11.9 Å². The zero-order valence-electron chi connectivity index (χ0n) is 14.3. The molecule has 1 amide bonds. The molecule has 5 rings (SSSR count). The quantitative estimate of drug-likeness (QED) is 0.725. The van der Waals surface area contributed by atoms with Gasteiger partial charge in [-0.3, -0.25) is 9.69 Å². The predicted octanol–water partition coefficient (Wildman–Crippen LogP) is 3.89. The third-order valence-electron chi connectivity index (χ3n) is 4.77. The SMILES string of the molecule is O=C1c2ccccc2N[C@@H](c2ccc(O)cc2)N1c1ccc2c(c1)OCO2. The van der Waals surface area contributed by atoms with E-state index in [1.54, 1.807) is 41.3 Å². The van der Waals surface area contributed by atoms with Crippen LogP contribution in [0, 0.1) is 0 Å². The summed E-state index contributed by atoms with van der Waals surface area (Å²) in [4.78, 5) is 15.0. The van der Waals surface area contributed by atoms with E-state index in [0.717, 1.165) is 11.3 Å². The minimum absolute atomic E-state index is 0.110. The van der Waals surface area contributed by atoms with E-state index in [9.17, 15) is 9.90 Å². The number of nitrogens with zero attached hydrogens (tertiary/aromatic N) is 1. The molecular formula is C21H16N2O4. The van der Waals surface area contributed by atoms with Gasteiger partial charge in [0.15, 0.2) is 11.5 Å². The number of phenols is 1. The number of ether oxygens (including phenoxy) is 2. The van der Waals surface area contributed by atoms with E-state index in [-0.39, 0.29) is 18.4 Å². The van der Waals surface area contributed by atoms with Crippen LogP contribution in [0.5, 0.6) is 17.2 Å². The Morgan fingerprint density at radius 1 is 0.963 bits per heavy atom. The maximum absolute atomic E-state index is 13.3. The first-order chi connectivity index (χ1) is 13.2. The van der Waals surface area contributed by atoms with Crippen molar-refractivity contribution in [1.82, 2.24) is 0 Å². The summed E-state index contributed by atoms with van der Waals surface area (Å²) in [5.41, 5.74) is 2.93. The van der Waals surface area contributed by atoms with Crippen molar-refractivity contribution in [1.29, 1.82) is 0 Å². The summed E-state index contributed by atoms with van der Waals surface area (Å²) in [5.74, 6) is 1.35. The molecule has 3 aromatic carbocycles. The monoisotopic (exact) mass is 360 g/mol. The van der Waals surface area contributed by atoms with Gasteiger partial charge in [-0.2, -0.15) is 0 Å². The third-order valence-corrected chi connectivity index (χ3v) is 4.77. The Morgan fingerprint density at radius 3 is 2.59 bits per heavy atom. The average molecular weight is 360 g/mol. The second-order valence-corrected chi connectivity index (χ2v) is 6.40. The van der Waals surface area contributed by atoms with Gasteiger partial charge in [0.25, 0.3) is 5.91 Å². The molecule has 3 aromatic rings. The first kappa shape index (κ1) is 15.6. The van der Waals surface area contributed by atoms with Crippen LogP contribution >= 0.6 is 0 Å². The Hall–Kier alpha value is -3.67. The molecular weight excluding hydrogens is 344 g/mol. The number of rotatable bonds is 2. The second kappa shape index (κ2) is 5.95. The van der Waals surface area contributed by atoms with Crippen molar-refractivity contribution in [3.63, 3.8) is 0 Å². The lowest BCUT2D eigenvalue weighted by atomic mass is 10.0. The van der Waals surface area contributed by atoms with E-state index < -0.39 is 6.17 Å². The molecule has 0 aliphatic carbocycles. The molecule has 0 saturated carbocycles. The third kappa shape index (κ3) is 2.54. The van der Waals surface area contributed by atoms with Crippen LogP contribution in [-0.4, -0.2) is 17.8 Å². The summed E-state index contributed by atoms with van der Waals surface area (Å²) in [6, 6.07) is 19.7. The normalized spacial score (nSPS) is 17.4. The van der Waals surface area contributed by atoms with E-state index in [4.69, 9.17) is 9.47 Å². The highest BCUT2D eigenvalue weighted by Crippen LogP contribution is 2.41. The number of hydrogen-bond acceptors (Lipinski definition) is 5. The predicted molar refractivity (Wildman–Crippen MR) is 100 cm³/mol. The molecule has 0 spiro atoms. The van der Waals surface area contributed by atoms with Gasteiger partial charge in [-0.25, -0.2) is 0 Å². The molecule has 2 heterocycles. The fourth-order valence-electron chi connectivity index (χ4n) is 3.44. The van der Waals surface area contributed by atoms with Crippen molar-refractivity contribution >= 4 is 17.3 Å². The van der Waals surface area contributed by atoms with E-state index in [2.05, 4.69) is 5.32 Å². The highest BCUT2D eigenvalue weighted by Gasteiger charge is 2.34.